The molecule has 1 aliphatic heterocycles. The first kappa shape index (κ1) is 16.0. The summed E-state index contributed by atoms with van der Waals surface area (Å²) < 4.78 is 5.14. The van der Waals surface area contributed by atoms with E-state index in [-0.39, 0.29) is 0 Å². The van der Waals surface area contributed by atoms with E-state index < -0.39 is 0 Å². The summed E-state index contributed by atoms with van der Waals surface area (Å²) in [5, 5.41) is 4.99. The second-order valence-corrected chi connectivity index (χ2v) is 6.52. The zero-order chi connectivity index (χ0) is 17.2. The zero-order valence-corrected chi connectivity index (χ0v) is 14.4. The Labute approximate surface area is 146 Å². The van der Waals surface area contributed by atoms with E-state index in [1.54, 1.807) is 0 Å². The van der Waals surface area contributed by atoms with E-state index in [2.05, 4.69) is 24.9 Å². The van der Waals surface area contributed by atoms with E-state index in [0.29, 0.717) is 5.82 Å². The van der Waals surface area contributed by atoms with Crippen molar-refractivity contribution in [2.45, 2.75) is 20.0 Å². The normalized spacial score (nSPS) is 16.5. The standard InChI is InChI=1S/C18H22N6O/c1-13-10-14(22-25-13)11-23-6-8-24(9-7-23)12-17-20-16-5-3-2-4-15(16)18(19)21-17/h2-5,10H,6-9,11-12H2,1H3,(H2,19,20,21). The third-order valence-corrected chi connectivity index (χ3v) is 4.57. The van der Waals surface area contributed by atoms with Crippen molar-refractivity contribution < 1.29 is 4.52 Å². The molecule has 7 nitrogen and oxygen atoms in total. The van der Waals surface area contributed by atoms with E-state index in [9.17, 15) is 0 Å². The molecule has 0 amide bonds. The molecule has 0 radical (unpaired) electrons. The van der Waals surface area contributed by atoms with Crippen molar-refractivity contribution >= 4 is 16.7 Å². The molecule has 1 saturated heterocycles. The van der Waals surface area contributed by atoms with E-state index in [1.165, 1.54) is 0 Å². The van der Waals surface area contributed by atoms with Crippen LogP contribution in [0.1, 0.15) is 17.3 Å². The molecule has 0 spiro atoms. The smallest absolute Gasteiger partial charge is 0.145 e. The molecule has 1 aliphatic rings. The van der Waals surface area contributed by atoms with Crippen molar-refractivity contribution in [3.63, 3.8) is 0 Å². The minimum absolute atomic E-state index is 0.556. The molecule has 0 unspecified atom stereocenters. The molecule has 1 aromatic carbocycles. The largest absolute Gasteiger partial charge is 0.383 e. The third kappa shape index (κ3) is 3.62. The molecule has 0 saturated carbocycles. The Kier molecular flexibility index (Phi) is 4.33. The van der Waals surface area contributed by atoms with Gasteiger partial charge in [0.15, 0.2) is 0 Å². The quantitative estimate of drug-likeness (QED) is 0.777. The van der Waals surface area contributed by atoms with Crippen LogP contribution in [0.2, 0.25) is 0 Å². The van der Waals surface area contributed by atoms with Crippen molar-refractivity contribution in [2.75, 3.05) is 31.9 Å². The summed E-state index contributed by atoms with van der Waals surface area (Å²) in [6.45, 7) is 7.43. The maximum Gasteiger partial charge on any atom is 0.145 e. The van der Waals surface area contributed by atoms with E-state index in [0.717, 1.165) is 67.5 Å². The van der Waals surface area contributed by atoms with Crippen LogP contribution in [0.25, 0.3) is 10.9 Å². The molecule has 2 aromatic heterocycles. The molecule has 0 aliphatic carbocycles. The third-order valence-electron chi connectivity index (χ3n) is 4.57. The number of nitrogens with zero attached hydrogens (tertiary/aromatic N) is 5. The fraction of sp³-hybridized carbons (Fsp3) is 0.389. The fourth-order valence-electron chi connectivity index (χ4n) is 3.25. The highest BCUT2D eigenvalue weighted by Crippen LogP contribution is 2.18. The lowest BCUT2D eigenvalue weighted by molar-refractivity contribution is 0.118. The highest BCUT2D eigenvalue weighted by atomic mass is 16.5. The summed E-state index contributed by atoms with van der Waals surface area (Å²) in [5.41, 5.74) is 7.98. The summed E-state index contributed by atoms with van der Waals surface area (Å²) in [5.74, 6) is 2.21. The molecule has 7 heteroatoms. The molecule has 0 atom stereocenters. The number of aryl methyl sites for hydroxylation is 1. The van der Waals surface area contributed by atoms with Gasteiger partial charge in [-0.2, -0.15) is 0 Å². The predicted octanol–water partition coefficient (Wildman–Crippen LogP) is 1.83. The summed E-state index contributed by atoms with van der Waals surface area (Å²) in [6, 6.07) is 9.87. The highest BCUT2D eigenvalue weighted by Gasteiger charge is 2.19. The van der Waals surface area contributed by atoms with Gasteiger partial charge in [0.1, 0.15) is 17.4 Å². The summed E-state index contributed by atoms with van der Waals surface area (Å²) >= 11 is 0. The number of piperazine rings is 1. The van der Waals surface area contributed by atoms with E-state index in [4.69, 9.17) is 10.3 Å². The molecule has 130 valence electrons. The molecule has 3 heterocycles. The van der Waals surface area contributed by atoms with Crippen molar-refractivity contribution in [3.05, 3.63) is 47.6 Å². The van der Waals surface area contributed by atoms with Gasteiger partial charge in [0.25, 0.3) is 0 Å². The minimum Gasteiger partial charge on any atom is -0.383 e. The van der Waals surface area contributed by atoms with E-state index in [1.807, 2.05) is 37.3 Å². The van der Waals surface area contributed by atoms with Crippen LogP contribution in [0, 0.1) is 6.92 Å². The number of benzene rings is 1. The first-order valence-electron chi connectivity index (χ1n) is 8.55. The van der Waals surface area contributed by atoms with Crippen LogP contribution in [-0.2, 0) is 13.1 Å². The number of nitrogens with two attached hydrogens (primary N) is 1. The molecule has 0 bridgehead atoms. The van der Waals surface area contributed by atoms with Gasteiger partial charge in [-0.25, -0.2) is 9.97 Å². The summed E-state index contributed by atoms with van der Waals surface area (Å²) in [7, 11) is 0. The molecule has 4 rings (SSSR count). The Bertz CT molecular complexity index is 869. The number of hydrogen-bond donors (Lipinski definition) is 1. The fourth-order valence-corrected chi connectivity index (χ4v) is 3.25. The van der Waals surface area contributed by atoms with Gasteiger partial charge in [0.2, 0.25) is 0 Å². The van der Waals surface area contributed by atoms with Gasteiger partial charge in [0, 0.05) is 44.2 Å². The Morgan fingerprint density at radius 1 is 1.04 bits per heavy atom. The van der Waals surface area contributed by atoms with E-state index >= 15 is 0 Å². The summed E-state index contributed by atoms with van der Waals surface area (Å²) in [4.78, 5) is 13.9. The number of nitrogen functional groups attached to an aromatic ring is 1. The lowest BCUT2D eigenvalue weighted by Gasteiger charge is -2.33. The van der Waals surface area contributed by atoms with Crippen LogP contribution in [0.4, 0.5) is 5.82 Å². The Balaban J connectivity index is 1.37. The van der Waals surface area contributed by atoms with Crippen molar-refractivity contribution in [2.24, 2.45) is 0 Å². The first-order valence-corrected chi connectivity index (χ1v) is 8.55. The van der Waals surface area contributed by atoms with Crippen molar-refractivity contribution in [1.29, 1.82) is 0 Å². The molecule has 3 aromatic rings. The van der Waals surface area contributed by atoms with Crippen LogP contribution in [-0.4, -0.2) is 51.1 Å². The average molecular weight is 338 g/mol. The van der Waals surface area contributed by atoms with Crippen LogP contribution < -0.4 is 5.73 Å². The predicted molar refractivity (Wildman–Crippen MR) is 95.7 cm³/mol. The van der Waals surface area contributed by atoms with Gasteiger partial charge in [-0.05, 0) is 19.1 Å². The number of fused-ring (bicyclic) bond motifs is 1. The number of rotatable bonds is 4. The molecule has 2 N–H and O–H groups in total. The second-order valence-electron chi connectivity index (χ2n) is 6.52. The van der Waals surface area contributed by atoms with Gasteiger partial charge < -0.3 is 10.3 Å². The van der Waals surface area contributed by atoms with Gasteiger partial charge in [-0.3, -0.25) is 9.80 Å². The zero-order valence-electron chi connectivity index (χ0n) is 14.4. The maximum absolute atomic E-state index is 6.08. The lowest BCUT2D eigenvalue weighted by Crippen LogP contribution is -2.45. The Morgan fingerprint density at radius 3 is 2.48 bits per heavy atom. The van der Waals surface area contributed by atoms with Crippen LogP contribution in [0.15, 0.2) is 34.9 Å². The monoisotopic (exact) mass is 338 g/mol. The maximum atomic E-state index is 6.08. The minimum atomic E-state index is 0.556. The average Bonchev–Trinajstić information content (AvgIpc) is 3.02. The molecular weight excluding hydrogens is 316 g/mol. The van der Waals surface area contributed by atoms with Gasteiger partial charge in [-0.15, -0.1) is 0 Å². The SMILES string of the molecule is Cc1cc(CN2CCN(Cc3nc(N)c4ccccc4n3)CC2)no1. The highest BCUT2D eigenvalue weighted by molar-refractivity contribution is 5.87. The van der Waals surface area contributed by atoms with Crippen molar-refractivity contribution in [1.82, 2.24) is 24.9 Å². The number of hydrogen-bond acceptors (Lipinski definition) is 7. The first-order chi connectivity index (χ1) is 12.2. The number of para-hydroxylation sites is 1. The number of aromatic nitrogens is 3. The molecule has 25 heavy (non-hydrogen) atoms. The lowest BCUT2D eigenvalue weighted by atomic mass is 10.2. The summed E-state index contributed by atoms with van der Waals surface area (Å²) in [6.07, 6.45) is 0. The second kappa shape index (κ2) is 6.78. The number of anilines is 1. The van der Waals surface area contributed by atoms with Crippen LogP contribution in [0.3, 0.4) is 0 Å². The van der Waals surface area contributed by atoms with Gasteiger partial charge >= 0.3 is 0 Å². The van der Waals surface area contributed by atoms with Crippen molar-refractivity contribution in [3.8, 4) is 0 Å². The molecule has 1 fully saturated rings. The van der Waals surface area contributed by atoms with Gasteiger partial charge in [0.05, 0.1) is 17.8 Å². The Hall–Kier alpha value is -2.51. The topological polar surface area (TPSA) is 84.3 Å². The van der Waals surface area contributed by atoms with Crippen LogP contribution in [0.5, 0.6) is 0 Å². The van der Waals surface area contributed by atoms with Gasteiger partial charge in [-0.1, -0.05) is 17.3 Å². The molecular formula is C18H22N6O. The Morgan fingerprint density at radius 2 is 1.76 bits per heavy atom. The van der Waals surface area contributed by atoms with Crippen LogP contribution >= 0.6 is 0 Å².